The van der Waals surface area contributed by atoms with Gasteiger partial charge in [-0.05, 0) is 25.1 Å². The number of carbonyl (C=O) groups is 1. The summed E-state index contributed by atoms with van der Waals surface area (Å²) in [5, 5.41) is 0.593. The number of halogens is 2. The molecule has 2 aromatic rings. The minimum atomic E-state index is -0.548. The van der Waals surface area contributed by atoms with Gasteiger partial charge in [0.05, 0.1) is 11.6 Å². The second kappa shape index (κ2) is 6.20. The minimum absolute atomic E-state index is 0.270. The van der Waals surface area contributed by atoms with Crippen LogP contribution in [0.2, 0.25) is 10.2 Å². The summed E-state index contributed by atoms with van der Waals surface area (Å²) in [6.45, 7) is 2.34. The molecule has 4 nitrogen and oxygen atoms in total. The Bertz CT molecular complexity index is 637. The summed E-state index contributed by atoms with van der Waals surface area (Å²) >= 11 is 11.8. The van der Waals surface area contributed by atoms with Crippen LogP contribution in [0.4, 0.5) is 0 Å². The van der Waals surface area contributed by atoms with Gasteiger partial charge in [0.15, 0.2) is 11.5 Å². The van der Waals surface area contributed by atoms with Gasteiger partial charge in [0.25, 0.3) is 0 Å². The SMILES string of the molecule is CCOc1ccccc1OC(=O)c1cc(Cl)c(Cl)n1C. The topological polar surface area (TPSA) is 40.5 Å². The number of benzene rings is 1. The van der Waals surface area contributed by atoms with Crippen molar-refractivity contribution < 1.29 is 14.3 Å². The van der Waals surface area contributed by atoms with Gasteiger partial charge >= 0.3 is 5.97 Å². The minimum Gasteiger partial charge on any atom is -0.490 e. The van der Waals surface area contributed by atoms with E-state index >= 15 is 0 Å². The number of para-hydroxylation sites is 2. The molecule has 1 aromatic heterocycles. The highest BCUT2D eigenvalue weighted by Gasteiger charge is 2.19. The molecule has 0 atom stereocenters. The van der Waals surface area contributed by atoms with Crippen molar-refractivity contribution in [1.29, 1.82) is 0 Å². The first-order valence-corrected chi connectivity index (χ1v) is 6.75. The zero-order chi connectivity index (χ0) is 14.7. The Kier molecular flexibility index (Phi) is 4.57. The molecule has 0 saturated heterocycles. The predicted molar refractivity (Wildman–Crippen MR) is 78.0 cm³/mol. The van der Waals surface area contributed by atoms with Crippen LogP contribution in [0.25, 0.3) is 0 Å². The smallest absolute Gasteiger partial charge is 0.360 e. The molecule has 1 aromatic carbocycles. The number of ether oxygens (including phenoxy) is 2. The molecule has 0 aliphatic rings. The first-order chi connectivity index (χ1) is 9.54. The lowest BCUT2D eigenvalue weighted by Crippen LogP contribution is -2.13. The molecule has 0 amide bonds. The Hall–Kier alpha value is -1.65. The van der Waals surface area contributed by atoms with Gasteiger partial charge in [-0.15, -0.1) is 0 Å². The highest BCUT2D eigenvalue weighted by Crippen LogP contribution is 2.29. The van der Waals surface area contributed by atoms with Crippen molar-refractivity contribution in [2.45, 2.75) is 6.92 Å². The molecule has 0 saturated carbocycles. The molecule has 0 aliphatic heterocycles. The number of hydrogen-bond acceptors (Lipinski definition) is 3. The molecule has 6 heteroatoms. The maximum Gasteiger partial charge on any atom is 0.360 e. The quantitative estimate of drug-likeness (QED) is 0.634. The monoisotopic (exact) mass is 313 g/mol. The van der Waals surface area contributed by atoms with Gasteiger partial charge in [0.1, 0.15) is 10.8 Å². The van der Waals surface area contributed by atoms with Crippen LogP contribution in [0.5, 0.6) is 11.5 Å². The van der Waals surface area contributed by atoms with E-state index in [4.69, 9.17) is 32.7 Å². The van der Waals surface area contributed by atoms with Crippen LogP contribution in [0, 0.1) is 0 Å². The van der Waals surface area contributed by atoms with Crippen LogP contribution in [0.15, 0.2) is 30.3 Å². The molecule has 106 valence electrons. The third kappa shape index (κ3) is 2.92. The van der Waals surface area contributed by atoms with E-state index in [0.29, 0.717) is 23.1 Å². The zero-order valence-corrected chi connectivity index (χ0v) is 12.5. The molecule has 0 aliphatic carbocycles. The van der Waals surface area contributed by atoms with E-state index in [1.807, 2.05) is 6.92 Å². The number of rotatable bonds is 4. The number of esters is 1. The summed E-state index contributed by atoms with van der Waals surface area (Å²) in [4.78, 5) is 12.1. The number of carbonyl (C=O) groups excluding carboxylic acids is 1. The standard InChI is InChI=1S/C14H13Cl2NO3/c1-3-19-11-6-4-5-7-12(11)20-14(18)10-8-9(15)13(16)17(10)2/h4-8H,3H2,1-2H3. The molecule has 1 heterocycles. The second-order valence-corrected chi connectivity index (χ2v) is 4.76. The fraction of sp³-hybridized carbons (Fsp3) is 0.214. The summed E-state index contributed by atoms with van der Waals surface area (Å²) < 4.78 is 12.2. The Labute approximate surface area is 126 Å². The molecule has 0 bridgehead atoms. The van der Waals surface area contributed by atoms with Crippen molar-refractivity contribution in [2.75, 3.05) is 6.61 Å². The normalized spacial score (nSPS) is 10.4. The van der Waals surface area contributed by atoms with E-state index in [2.05, 4.69) is 0 Å². The molecule has 20 heavy (non-hydrogen) atoms. The highest BCUT2D eigenvalue weighted by atomic mass is 35.5. The summed E-state index contributed by atoms with van der Waals surface area (Å²) in [6, 6.07) is 8.43. The predicted octanol–water partition coefficient (Wildman–Crippen LogP) is 3.95. The van der Waals surface area contributed by atoms with Gasteiger partial charge in [0.2, 0.25) is 0 Å². The fourth-order valence-electron chi connectivity index (χ4n) is 1.70. The number of nitrogens with zero attached hydrogens (tertiary/aromatic N) is 1. The van der Waals surface area contributed by atoms with Gasteiger partial charge in [0, 0.05) is 7.05 Å². The van der Waals surface area contributed by atoms with Crippen LogP contribution < -0.4 is 9.47 Å². The van der Waals surface area contributed by atoms with Crippen LogP contribution >= 0.6 is 23.2 Å². The van der Waals surface area contributed by atoms with E-state index < -0.39 is 5.97 Å². The lowest BCUT2D eigenvalue weighted by Gasteiger charge is -2.10. The molecule has 0 fully saturated rings. The van der Waals surface area contributed by atoms with Crippen molar-refractivity contribution in [1.82, 2.24) is 4.57 Å². The Morgan fingerprint density at radius 2 is 1.90 bits per heavy atom. The zero-order valence-electron chi connectivity index (χ0n) is 11.0. The molecule has 0 spiro atoms. The van der Waals surface area contributed by atoms with Crippen molar-refractivity contribution in [2.24, 2.45) is 7.05 Å². The highest BCUT2D eigenvalue weighted by molar-refractivity contribution is 6.41. The average Bonchev–Trinajstić information content (AvgIpc) is 2.69. The van der Waals surface area contributed by atoms with E-state index in [0.717, 1.165) is 0 Å². The van der Waals surface area contributed by atoms with E-state index in [1.54, 1.807) is 31.3 Å². The van der Waals surface area contributed by atoms with E-state index in [-0.39, 0.29) is 10.8 Å². The second-order valence-electron chi connectivity index (χ2n) is 4.00. The van der Waals surface area contributed by atoms with E-state index in [1.165, 1.54) is 10.6 Å². The maximum absolute atomic E-state index is 12.1. The Morgan fingerprint density at radius 3 is 2.45 bits per heavy atom. The number of aromatic nitrogens is 1. The van der Waals surface area contributed by atoms with Crippen LogP contribution in [0.3, 0.4) is 0 Å². The lowest BCUT2D eigenvalue weighted by molar-refractivity contribution is 0.0718. The van der Waals surface area contributed by atoms with Crippen LogP contribution in [0.1, 0.15) is 17.4 Å². The lowest BCUT2D eigenvalue weighted by atomic mass is 10.3. The summed E-state index contributed by atoms with van der Waals surface area (Å²) in [5.74, 6) is 0.316. The van der Waals surface area contributed by atoms with Gasteiger partial charge < -0.3 is 14.0 Å². The molecule has 0 unspecified atom stereocenters. The van der Waals surface area contributed by atoms with Crippen LogP contribution in [-0.4, -0.2) is 17.1 Å². The molecular formula is C14H13Cl2NO3. The van der Waals surface area contributed by atoms with Crippen molar-refractivity contribution in [3.05, 3.63) is 46.2 Å². The maximum atomic E-state index is 12.1. The summed E-state index contributed by atoms with van der Waals surface area (Å²) in [5.41, 5.74) is 0.270. The Balaban J connectivity index is 2.26. The summed E-state index contributed by atoms with van der Waals surface area (Å²) in [6.07, 6.45) is 0. The Morgan fingerprint density at radius 1 is 1.25 bits per heavy atom. The average molecular weight is 314 g/mol. The molecule has 0 N–H and O–H groups in total. The molecular weight excluding hydrogens is 301 g/mol. The third-order valence-electron chi connectivity index (χ3n) is 2.68. The molecule has 2 rings (SSSR count). The van der Waals surface area contributed by atoms with E-state index in [9.17, 15) is 4.79 Å². The largest absolute Gasteiger partial charge is 0.490 e. The van der Waals surface area contributed by atoms with Crippen molar-refractivity contribution in [3.8, 4) is 11.5 Å². The first kappa shape index (κ1) is 14.8. The first-order valence-electron chi connectivity index (χ1n) is 5.99. The van der Waals surface area contributed by atoms with Gasteiger partial charge in [-0.2, -0.15) is 0 Å². The van der Waals surface area contributed by atoms with Gasteiger partial charge in [-0.25, -0.2) is 4.79 Å². The fourth-order valence-corrected chi connectivity index (χ4v) is 2.08. The van der Waals surface area contributed by atoms with Crippen molar-refractivity contribution in [3.63, 3.8) is 0 Å². The third-order valence-corrected chi connectivity index (χ3v) is 3.52. The number of hydrogen-bond donors (Lipinski definition) is 0. The summed E-state index contributed by atoms with van der Waals surface area (Å²) in [7, 11) is 1.64. The van der Waals surface area contributed by atoms with Gasteiger partial charge in [-0.1, -0.05) is 35.3 Å². The van der Waals surface area contributed by atoms with Gasteiger partial charge in [-0.3, -0.25) is 0 Å². The van der Waals surface area contributed by atoms with Crippen molar-refractivity contribution >= 4 is 29.2 Å². The van der Waals surface area contributed by atoms with Crippen LogP contribution in [-0.2, 0) is 7.05 Å². The molecule has 0 radical (unpaired) electrons.